The Hall–Kier alpha value is -2.86. The lowest BCUT2D eigenvalue weighted by molar-refractivity contribution is 0.102. The molecular weight excluding hydrogens is 354 g/mol. The van der Waals surface area contributed by atoms with Crippen LogP contribution in [-0.4, -0.2) is 20.6 Å². The molecule has 0 aliphatic heterocycles. The molecule has 6 nitrogen and oxygen atoms in total. The molecule has 1 aromatic carbocycles. The van der Waals surface area contributed by atoms with Gasteiger partial charge in [-0.05, 0) is 30.7 Å². The predicted molar refractivity (Wildman–Crippen MR) is 102 cm³/mol. The van der Waals surface area contributed by atoms with Crippen molar-refractivity contribution in [3.05, 3.63) is 63.5 Å². The van der Waals surface area contributed by atoms with Crippen molar-refractivity contribution < 1.29 is 9.90 Å². The average Bonchev–Trinajstić information content (AvgIpc) is 2.64. The van der Waals surface area contributed by atoms with Crippen LogP contribution in [0.1, 0.15) is 30.1 Å². The van der Waals surface area contributed by atoms with Crippen molar-refractivity contribution in [2.24, 2.45) is 0 Å². The topological polar surface area (TPSA) is 84.2 Å². The Morgan fingerprint density at radius 2 is 2.04 bits per heavy atom. The lowest BCUT2D eigenvalue weighted by atomic mass is 10.1. The summed E-state index contributed by atoms with van der Waals surface area (Å²) < 4.78 is 1.53. The Morgan fingerprint density at radius 3 is 2.73 bits per heavy atom. The molecule has 134 valence electrons. The second-order valence-electron chi connectivity index (χ2n) is 5.87. The number of nitrogens with one attached hydrogen (secondary N) is 1. The van der Waals surface area contributed by atoms with Crippen molar-refractivity contribution in [2.45, 2.75) is 26.3 Å². The number of fused-ring (bicyclic) bond motifs is 1. The molecule has 3 rings (SSSR count). The summed E-state index contributed by atoms with van der Waals surface area (Å²) in [5.74, 6) is -0.797. The van der Waals surface area contributed by atoms with Gasteiger partial charge in [0.15, 0.2) is 0 Å². The van der Waals surface area contributed by atoms with E-state index in [1.807, 2.05) is 6.92 Å². The number of amides is 1. The molecule has 2 aromatic heterocycles. The van der Waals surface area contributed by atoms with Gasteiger partial charge in [0.25, 0.3) is 11.5 Å². The summed E-state index contributed by atoms with van der Waals surface area (Å²) in [7, 11) is 0. The molecule has 0 spiro atoms. The summed E-state index contributed by atoms with van der Waals surface area (Å²) in [6.07, 6.45) is 3.07. The van der Waals surface area contributed by atoms with Crippen LogP contribution in [0.25, 0.3) is 10.9 Å². The van der Waals surface area contributed by atoms with Crippen LogP contribution < -0.4 is 10.9 Å². The van der Waals surface area contributed by atoms with E-state index in [1.54, 1.807) is 30.3 Å². The van der Waals surface area contributed by atoms with E-state index < -0.39 is 11.5 Å². The Morgan fingerprint density at radius 1 is 1.27 bits per heavy atom. The van der Waals surface area contributed by atoms with E-state index in [4.69, 9.17) is 11.6 Å². The van der Waals surface area contributed by atoms with E-state index in [2.05, 4.69) is 10.3 Å². The number of rotatable bonds is 5. The number of para-hydroxylation sites is 1. The molecule has 2 N–H and O–H groups in total. The number of aromatic hydroxyl groups is 1. The summed E-state index contributed by atoms with van der Waals surface area (Å²) in [5.41, 5.74) is -0.220. The Labute approximate surface area is 155 Å². The number of pyridine rings is 2. The minimum atomic E-state index is -0.710. The van der Waals surface area contributed by atoms with Crippen LogP contribution in [0.15, 0.2) is 47.4 Å². The fourth-order valence-electron chi connectivity index (χ4n) is 2.76. The maximum absolute atomic E-state index is 12.9. The molecule has 0 bridgehead atoms. The molecule has 1 amide bonds. The maximum atomic E-state index is 12.9. The van der Waals surface area contributed by atoms with Gasteiger partial charge in [0.05, 0.1) is 10.5 Å². The SMILES string of the molecule is CCCCn1c(=O)c(C(=O)Nc2ccc(Cl)cn2)c(O)c2ccccc21. The maximum Gasteiger partial charge on any atom is 0.267 e. The summed E-state index contributed by atoms with van der Waals surface area (Å²) in [6.45, 7) is 2.49. The Balaban J connectivity index is 2.11. The monoisotopic (exact) mass is 371 g/mol. The summed E-state index contributed by atoms with van der Waals surface area (Å²) in [6, 6.07) is 10.1. The number of nitrogens with zero attached hydrogens (tertiary/aromatic N) is 2. The van der Waals surface area contributed by atoms with Gasteiger partial charge >= 0.3 is 0 Å². The number of carbonyl (C=O) groups is 1. The largest absolute Gasteiger partial charge is 0.506 e. The molecule has 0 atom stereocenters. The van der Waals surface area contributed by atoms with Crippen LogP contribution in [0.3, 0.4) is 0 Å². The third-order valence-electron chi connectivity index (χ3n) is 4.08. The third kappa shape index (κ3) is 3.41. The highest BCUT2D eigenvalue weighted by atomic mass is 35.5. The number of halogens is 1. The van der Waals surface area contributed by atoms with E-state index in [-0.39, 0.29) is 17.1 Å². The van der Waals surface area contributed by atoms with Gasteiger partial charge in [-0.15, -0.1) is 0 Å². The number of unbranched alkanes of at least 4 members (excludes halogenated alkanes) is 1. The zero-order valence-corrected chi connectivity index (χ0v) is 15.0. The first-order chi connectivity index (χ1) is 12.5. The van der Waals surface area contributed by atoms with Gasteiger partial charge < -0.3 is 15.0 Å². The van der Waals surface area contributed by atoms with Gasteiger partial charge in [0.1, 0.15) is 17.1 Å². The molecule has 2 heterocycles. The molecule has 0 fully saturated rings. The van der Waals surface area contributed by atoms with E-state index in [0.717, 1.165) is 12.8 Å². The van der Waals surface area contributed by atoms with Crippen molar-refractivity contribution in [3.63, 3.8) is 0 Å². The van der Waals surface area contributed by atoms with Gasteiger partial charge in [-0.25, -0.2) is 4.98 Å². The first-order valence-electron chi connectivity index (χ1n) is 8.30. The number of aromatic nitrogens is 2. The minimum absolute atomic E-state index is 0.242. The molecule has 0 unspecified atom stereocenters. The molecule has 0 radical (unpaired) electrons. The highest BCUT2D eigenvalue weighted by Crippen LogP contribution is 2.27. The van der Waals surface area contributed by atoms with Crippen LogP contribution in [0.4, 0.5) is 5.82 Å². The molecule has 7 heteroatoms. The number of anilines is 1. The molecule has 0 aliphatic carbocycles. The summed E-state index contributed by atoms with van der Waals surface area (Å²) in [4.78, 5) is 29.5. The molecule has 0 saturated carbocycles. The number of hydrogen-bond donors (Lipinski definition) is 2. The quantitative estimate of drug-likeness (QED) is 0.714. The average molecular weight is 372 g/mol. The lowest BCUT2D eigenvalue weighted by Gasteiger charge is -2.14. The first kappa shape index (κ1) is 17.9. The zero-order valence-electron chi connectivity index (χ0n) is 14.2. The molecular formula is C19H18ClN3O3. The molecule has 0 aliphatic rings. The highest BCUT2D eigenvalue weighted by Gasteiger charge is 2.22. The van der Waals surface area contributed by atoms with Crippen molar-refractivity contribution in [2.75, 3.05) is 5.32 Å². The highest BCUT2D eigenvalue weighted by molar-refractivity contribution is 6.30. The fraction of sp³-hybridized carbons (Fsp3) is 0.211. The number of hydrogen-bond acceptors (Lipinski definition) is 4. The van der Waals surface area contributed by atoms with Crippen LogP contribution >= 0.6 is 11.6 Å². The van der Waals surface area contributed by atoms with E-state index in [9.17, 15) is 14.7 Å². The van der Waals surface area contributed by atoms with Gasteiger partial charge in [-0.3, -0.25) is 9.59 Å². The normalized spacial score (nSPS) is 10.8. The van der Waals surface area contributed by atoms with Crippen molar-refractivity contribution in [3.8, 4) is 5.75 Å². The second-order valence-corrected chi connectivity index (χ2v) is 6.30. The Bertz CT molecular complexity index is 1010. The van der Waals surface area contributed by atoms with E-state index in [0.29, 0.717) is 22.5 Å². The van der Waals surface area contributed by atoms with Crippen LogP contribution in [0, 0.1) is 0 Å². The fourth-order valence-corrected chi connectivity index (χ4v) is 2.87. The van der Waals surface area contributed by atoms with Crippen molar-refractivity contribution in [1.29, 1.82) is 0 Å². The van der Waals surface area contributed by atoms with Gasteiger partial charge in [0, 0.05) is 18.1 Å². The van der Waals surface area contributed by atoms with Crippen molar-refractivity contribution >= 4 is 34.2 Å². The van der Waals surface area contributed by atoms with Gasteiger partial charge in [-0.2, -0.15) is 0 Å². The molecule has 26 heavy (non-hydrogen) atoms. The lowest BCUT2D eigenvalue weighted by Crippen LogP contribution is -2.30. The summed E-state index contributed by atoms with van der Waals surface area (Å²) in [5, 5.41) is 14.0. The zero-order chi connectivity index (χ0) is 18.7. The Kier molecular flexibility index (Phi) is 5.23. The standard InChI is InChI=1S/C19H18ClN3O3/c1-2-3-10-23-14-7-5-4-6-13(14)17(24)16(19(23)26)18(25)22-15-9-8-12(20)11-21-15/h4-9,11,24H,2-3,10H2,1H3,(H,21,22,25). The molecule has 0 saturated heterocycles. The number of aryl methyl sites for hydroxylation is 1. The first-order valence-corrected chi connectivity index (χ1v) is 8.68. The van der Waals surface area contributed by atoms with Crippen LogP contribution in [0.2, 0.25) is 5.02 Å². The van der Waals surface area contributed by atoms with Crippen LogP contribution in [0.5, 0.6) is 5.75 Å². The summed E-state index contributed by atoms with van der Waals surface area (Å²) >= 11 is 5.78. The van der Waals surface area contributed by atoms with Gasteiger partial charge in [0.2, 0.25) is 0 Å². The number of benzene rings is 1. The predicted octanol–water partition coefficient (Wildman–Crippen LogP) is 3.81. The smallest absolute Gasteiger partial charge is 0.267 e. The second kappa shape index (κ2) is 7.58. The van der Waals surface area contributed by atoms with Gasteiger partial charge in [-0.1, -0.05) is 37.1 Å². The van der Waals surface area contributed by atoms with E-state index in [1.165, 1.54) is 16.8 Å². The minimum Gasteiger partial charge on any atom is -0.506 e. The van der Waals surface area contributed by atoms with Crippen molar-refractivity contribution in [1.82, 2.24) is 9.55 Å². The number of carbonyl (C=O) groups excluding carboxylic acids is 1. The van der Waals surface area contributed by atoms with Crippen LogP contribution in [-0.2, 0) is 6.54 Å². The third-order valence-corrected chi connectivity index (χ3v) is 4.30. The molecule has 3 aromatic rings. The van der Waals surface area contributed by atoms with E-state index >= 15 is 0 Å².